The number of carbonyl (C=O) groups excluding carboxylic acids is 3. The SMILES string of the molecule is CC(=O)c1c(C)[nH]c(C(=O)COC(=O)Cc2ccc3c(c2)CCC3)c1C. The van der Waals surface area contributed by atoms with Crippen LogP contribution in [0.2, 0.25) is 0 Å². The van der Waals surface area contributed by atoms with Crippen LogP contribution in [0, 0.1) is 13.8 Å². The number of hydrogen-bond acceptors (Lipinski definition) is 4. The van der Waals surface area contributed by atoms with Gasteiger partial charge >= 0.3 is 5.97 Å². The van der Waals surface area contributed by atoms with Crippen LogP contribution in [0.5, 0.6) is 0 Å². The van der Waals surface area contributed by atoms with Crippen molar-refractivity contribution < 1.29 is 19.1 Å². The molecule has 0 unspecified atom stereocenters. The number of ketones is 2. The first-order valence-electron chi connectivity index (χ1n) is 8.86. The van der Waals surface area contributed by atoms with Gasteiger partial charge in [-0.15, -0.1) is 0 Å². The Morgan fingerprint density at radius 3 is 2.54 bits per heavy atom. The molecule has 1 aliphatic rings. The van der Waals surface area contributed by atoms with Gasteiger partial charge < -0.3 is 9.72 Å². The van der Waals surface area contributed by atoms with Crippen molar-refractivity contribution >= 4 is 17.5 Å². The summed E-state index contributed by atoms with van der Waals surface area (Å²) in [4.78, 5) is 39.0. The molecule has 0 spiro atoms. The number of esters is 1. The molecule has 1 aromatic carbocycles. The van der Waals surface area contributed by atoms with Gasteiger partial charge in [0, 0.05) is 11.3 Å². The second-order valence-electron chi connectivity index (χ2n) is 6.90. The summed E-state index contributed by atoms with van der Waals surface area (Å²) in [7, 11) is 0. The molecule has 5 nitrogen and oxygen atoms in total. The van der Waals surface area contributed by atoms with Crippen LogP contribution in [0.25, 0.3) is 0 Å². The Bertz CT molecular complexity index is 892. The number of benzene rings is 1. The predicted octanol–water partition coefficient (Wildman–Crippen LogP) is 3.29. The van der Waals surface area contributed by atoms with Crippen molar-refractivity contribution in [3.63, 3.8) is 0 Å². The van der Waals surface area contributed by atoms with Gasteiger partial charge in [-0.1, -0.05) is 18.2 Å². The van der Waals surface area contributed by atoms with Gasteiger partial charge in [0.15, 0.2) is 12.4 Å². The summed E-state index contributed by atoms with van der Waals surface area (Å²) < 4.78 is 5.15. The molecule has 1 aromatic heterocycles. The minimum Gasteiger partial charge on any atom is -0.457 e. The molecule has 0 fully saturated rings. The van der Waals surface area contributed by atoms with E-state index >= 15 is 0 Å². The molecule has 26 heavy (non-hydrogen) atoms. The normalized spacial score (nSPS) is 12.7. The molecule has 0 bridgehead atoms. The average Bonchev–Trinajstić information content (AvgIpc) is 3.16. The zero-order valence-electron chi connectivity index (χ0n) is 15.4. The molecule has 136 valence electrons. The number of fused-ring (bicyclic) bond motifs is 1. The maximum Gasteiger partial charge on any atom is 0.310 e. The molecule has 0 saturated carbocycles. The van der Waals surface area contributed by atoms with Gasteiger partial charge in [-0.3, -0.25) is 14.4 Å². The monoisotopic (exact) mass is 353 g/mol. The van der Waals surface area contributed by atoms with E-state index in [9.17, 15) is 14.4 Å². The van der Waals surface area contributed by atoms with E-state index in [2.05, 4.69) is 17.1 Å². The number of H-pyrrole nitrogens is 1. The fourth-order valence-corrected chi connectivity index (χ4v) is 3.73. The summed E-state index contributed by atoms with van der Waals surface area (Å²) in [5, 5.41) is 0. The summed E-state index contributed by atoms with van der Waals surface area (Å²) >= 11 is 0. The van der Waals surface area contributed by atoms with Gasteiger partial charge in [0.1, 0.15) is 0 Å². The highest BCUT2D eigenvalue weighted by molar-refractivity contribution is 6.04. The molecule has 0 amide bonds. The highest BCUT2D eigenvalue weighted by atomic mass is 16.5. The number of nitrogens with one attached hydrogen (secondary N) is 1. The van der Waals surface area contributed by atoms with Crippen molar-refractivity contribution in [2.45, 2.75) is 46.5 Å². The van der Waals surface area contributed by atoms with Crippen molar-refractivity contribution in [3.05, 3.63) is 57.4 Å². The average molecular weight is 353 g/mol. The molecule has 5 heteroatoms. The van der Waals surface area contributed by atoms with Crippen LogP contribution in [0.1, 0.15) is 62.1 Å². The van der Waals surface area contributed by atoms with Gasteiger partial charge in [-0.2, -0.15) is 0 Å². The lowest BCUT2D eigenvalue weighted by Gasteiger charge is -2.06. The predicted molar refractivity (Wildman–Crippen MR) is 97.7 cm³/mol. The lowest BCUT2D eigenvalue weighted by atomic mass is 10.0. The lowest BCUT2D eigenvalue weighted by Crippen LogP contribution is -2.17. The van der Waals surface area contributed by atoms with E-state index in [1.165, 1.54) is 18.1 Å². The fraction of sp³-hybridized carbons (Fsp3) is 0.381. The van der Waals surface area contributed by atoms with E-state index in [4.69, 9.17) is 4.74 Å². The Morgan fingerprint density at radius 2 is 1.85 bits per heavy atom. The lowest BCUT2D eigenvalue weighted by molar-refractivity contribution is -0.141. The van der Waals surface area contributed by atoms with Crippen LogP contribution in [-0.2, 0) is 28.8 Å². The van der Waals surface area contributed by atoms with Gasteiger partial charge in [0.2, 0.25) is 5.78 Å². The van der Waals surface area contributed by atoms with E-state index in [0.717, 1.165) is 24.8 Å². The van der Waals surface area contributed by atoms with Gasteiger partial charge in [0.25, 0.3) is 0 Å². The molecule has 0 aliphatic heterocycles. The quantitative estimate of drug-likeness (QED) is 0.639. The van der Waals surface area contributed by atoms with Crippen molar-refractivity contribution in [2.75, 3.05) is 6.61 Å². The second kappa shape index (κ2) is 7.28. The number of hydrogen-bond donors (Lipinski definition) is 1. The summed E-state index contributed by atoms with van der Waals surface area (Å²) in [6, 6.07) is 6.08. The highest BCUT2D eigenvalue weighted by Gasteiger charge is 2.21. The number of ether oxygens (including phenoxy) is 1. The molecule has 0 saturated heterocycles. The smallest absolute Gasteiger partial charge is 0.310 e. The topological polar surface area (TPSA) is 76.2 Å². The number of aromatic nitrogens is 1. The van der Waals surface area contributed by atoms with E-state index in [0.29, 0.717) is 22.5 Å². The van der Waals surface area contributed by atoms with Crippen molar-refractivity contribution in [1.29, 1.82) is 0 Å². The Kier molecular flexibility index (Phi) is 5.07. The molecular weight excluding hydrogens is 330 g/mol. The molecular formula is C21H23NO4. The maximum absolute atomic E-state index is 12.3. The molecule has 1 aliphatic carbocycles. The second-order valence-corrected chi connectivity index (χ2v) is 6.90. The molecule has 1 heterocycles. The number of rotatable bonds is 6. The number of carbonyl (C=O) groups is 3. The van der Waals surface area contributed by atoms with E-state index in [1.54, 1.807) is 13.8 Å². The summed E-state index contributed by atoms with van der Waals surface area (Å²) in [5.74, 6) is -0.853. The largest absolute Gasteiger partial charge is 0.457 e. The van der Waals surface area contributed by atoms with Gasteiger partial charge in [-0.05, 0) is 62.3 Å². The first-order valence-corrected chi connectivity index (χ1v) is 8.86. The Morgan fingerprint density at radius 1 is 1.12 bits per heavy atom. The van der Waals surface area contributed by atoms with Gasteiger partial charge in [0.05, 0.1) is 12.1 Å². The zero-order chi connectivity index (χ0) is 18.8. The van der Waals surface area contributed by atoms with Crippen LogP contribution in [-0.4, -0.2) is 29.1 Å². The van der Waals surface area contributed by atoms with Crippen LogP contribution in [0.3, 0.4) is 0 Å². The van der Waals surface area contributed by atoms with Crippen molar-refractivity contribution in [2.24, 2.45) is 0 Å². The standard InChI is InChI=1S/C21H23NO4/c1-12-20(14(3)23)13(2)22-21(12)18(24)11-26-19(25)10-15-7-8-16-5-4-6-17(16)9-15/h7-9,22H,4-6,10-11H2,1-3H3. The Labute approximate surface area is 152 Å². The summed E-state index contributed by atoms with van der Waals surface area (Å²) in [6.07, 6.45) is 3.48. The molecule has 3 rings (SSSR count). The third-order valence-corrected chi connectivity index (χ3v) is 4.94. The number of aromatic amines is 1. The zero-order valence-corrected chi connectivity index (χ0v) is 15.4. The van der Waals surface area contributed by atoms with E-state index in [-0.39, 0.29) is 24.6 Å². The van der Waals surface area contributed by atoms with Crippen LogP contribution in [0.4, 0.5) is 0 Å². The van der Waals surface area contributed by atoms with E-state index in [1.807, 2.05) is 6.07 Å². The highest BCUT2D eigenvalue weighted by Crippen LogP contribution is 2.23. The molecule has 0 radical (unpaired) electrons. The Balaban J connectivity index is 1.60. The minimum absolute atomic E-state index is 0.0936. The van der Waals surface area contributed by atoms with Crippen molar-refractivity contribution in [3.8, 4) is 0 Å². The first kappa shape index (κ1) is 18.1. The summed E-state index contributed by atoms with van der Waals surface area (Å²) in [5.41, 5.74) is 5.69. The molecule has 1 N–H and O–H groups in total. The van der Waals surface area contributed by atoms with Crippen molar-refractivity contribution in [1.82, 2.24) is 4.98 Å². The third kappa shape index (κ3) is 3.62. The van der Waals surface area contributed by atoms with Gasteiger partial charge in [-0.25, -0.2) is 0 Å². The van der Waals surface area contributed by atoms with Crippen LogP contribution >= 0.6 is 0 Å². The number of aryl methyl sites for hydroxylation is 3. The van der Waals surface area contributed by atoms with E-state index < -0.39 is 5.97 Å². The molecule has 0 atom stereocenters. The number of Topliss-reactive ketones (excluding diaryl/α,β-unsaturated/α-hetero) is 2. The first-order chi connectivity index (χ1) is 12.4. The van der Waals surface area contributed by atoms with Crippen LogP contribution < -0.4 is 0 Å². The minimum atomic E-state index is -0.427. The third-order valence-electron chi connectivity index (χ3n) is 4.94. The maximum atomic E-state index is 12.3. The fourth-order valence-electron chi connectivity index (χ4n) is 3.73. The molecule has 2 aromatic rings. The Hall–Kier alpha value is -2.69. The summed E-state index contributed by atoms with van der Waals surface area (Å²) in [6.45, 7) is 4.61. The van der Waals surface area contributed by atoms with Crippen LogP contribution in [0.15, 0.2) is 18.2 Å².